The highest BCUT2D eigenvalue weighted by molar-refractivity contribution is 5.93. The molecule has 5 atom stereocenters. The van der Waals surface area contributed by atoms with Crippen molar-refractivity contribution in [3.63, 3.8) is 0 Å². The van der Waals surface area contributed by atoms with Crippen LogP contribution in [0.1, 0.15) is 70.5 Å². The number of amides is 1. The van der Waals surface area contributed by atoms with Gasteiger partial charge in [0.15, 0.2) is 6.29 Å². The Morgan fingerprint density at radius 1 is 0.846 bits per heavy atom. The average Bonchev–Trinajstić information content (AvgIpc) is 3.20. The van der Waals surface area contributed by atoms with Crippen molar-refractivity contribution in [2.45, 2.75) is 51.5 Å². The summed E-state index contributed by atoms with van der Waals surface area (Å²) >= 11 is 0. The van der Waals surface area contributed by atoms with Gasteiger partial charge in [0.1, 0.15) is 0 Å². The fourth-order valence-electron chi connectivity index (χ4n) is 7.04. The summed E-state index contributed by atoms with van der Waals surface area (Å²) in [5.74, 6) is -0.0954. The van der Waals surface area contributed by atoms with E-state index in [1.807, 2.05) is 30.3 Å². The van der Waals surface area contributed by atoms with E-state index in [9.17, 15) is 9.90 Å². The van der Waals surface area contributed by atoms with Gasteiger partial charge in [-0.25, -0.2) is 0 Å². The van der Waals surface area contributed by atoms with Crippen molar-refractivity contribution in [1.82, 2.24) is 15.2 Å². The molecule has 1 aliphatic rings. The summed E-state index contributed by atoms with van der Waals surface area (Å²) in [6.07, 6.45) is 2.33. The van der Waals surface area contributed by atoms with Gasteiger partial charge >= 0.3 is 0 Å². The molecule has 0 saturated carbocycles. The van der Waals surface area contributed by atoms with Crippen molar-refractivity contribution in [3.05, 3.63) is 173 Å². The number of aliphatic hydroxyl groups excluding tert-OH is 1. The zero-order valence-electron chi connectivity index (χ0n) is 29.9. The van der Waals surface area contributed by atoms with Gasteiger partial charge in [-0.2, -0.15) is 0 Å². The Kier molecular flexibility index (Phi) is 10.8. The molecule has 7 rings (SSSR count). The minimum absolute atomic E-state index is 0.000469. The van der Waals surface area contributed by atoms with Crippen LogP contribution in [0.25, 0.3) is 21.9 Å². The van der Waals surface area contributed by atoms with Crippen LogP contribution in [-0.2, 0) is 22.6 Å². The number of likely N-dealkylation sites (N-methyl/N-ethyl adjacent to an activating group) is 1. The minimum Gasteiger partial charge on any atom is -0.392 e. The lowest BCUT2D eigenvalue weighted by Crippen LogP contribution is -2.44. The van der Waals surface area contributed by atoms with E-state index in [1.54, 1.807) is 24.5 Å². The molecule has 7 nitrogen and oxygen atoms in total. The summed E-state index contributed by atoms with van der Waals surface area (Å²) in [6.45, 7) is 5.56. The van der Waals surface area contributed by atoms with Gasteiger partial charge in [0.05, 0.1) is 24.4 Å². The normalized spacial score (nSPS) is 19.4. The maximum absolute atomic E-state index is 12.7. The highest BCUT2D eigenvalue weighted by atomic mass is 16.7. The Labute approximate surface area is 305 Å². The summed E-state index contributed by atoms with van der Waals surface area (Å²) in [5.41, 5.74) is 7.76. The molecule has 1 amide bonds. The smallest absolute Gasteiger partial charge is 0.253 e. The molecule has 6 aromatic rings. The van der Waals surface area contributed by atoms with Gasteiger partial charge < -0.3 is 19.9 Å². The number of fused-ring (bicyclic) bond motifs is 1. The molecule has 0 radical (unpaired) electrons. The van der Waals surface area contributed by atoms with Crippen molar-refractivity contribution < 1.29 is 19.4 Å². The van der Waals surface area contributed by atoms with E-state index >= 15 is 0 Å². The van der Waals surface area contributed by atoms with Crippen molar-refractivity contribution in [2.75, 3.05) is 13.6 Å². The second-order valence-corrected chi connectivity index (χ2v) is 13.7. The SMILES string of the molecule is C[C@H]1[C@@H](CN(C)[C@H](C)c2ccc3ccccc3c2)O[C@@H](c2ccc(-c3ccccc3CNC(=O)c3cccnc3)cc2)O[C@H]1c1ccc(CO)cc1. The molecule has 1 saturated heterocycles. The Balaban J connectivity index is 1.11. The van der Waals surface area contributed by atoms with Crippen LogP contribution in [0.4, 0.5) is 0 Å². The summed E-state index contributed by atoms with van der Waals surface area (Å²) in [7, 11) is 2.16. The molecule has 1 aromatic heterocycles. The number of benzene rings is 5. The number of nitrogens with one attached hydrogen (secondary N) is 1. The number of ether oxygens (including phenoxy) is 2. The number of pyridine rings is 1. The van der Waals surface area contributed by atoms with E-state index in [0.29, 0.717) is 12.1 Å². The van der Waals surface area contributed by atoms with Crippen LogP contribution in [0.2, 0.25) is 0 Å². The lowest BCUT2D eigenvalue weighted by molar-refractivity contribution is -0.276. The largest absolute Gasteiger partial charge is 0.392 e. The predicted octanol–water partition coefficient (Wildman–Crippen LogP) is 8.81. The number of aliphatic hydroxyl groups is 1. The first-order valence-corrected chi connectivity index (χ1v) is 17.9. The molecule has 52 heavy (non-hydrogen) atoms. The molecule has 264 valence electrons. The van der Waals surface area contributed by atoms with Crippen molar-refractivity contribution >= 4 is 16.7 Å². The highest BCUT2D eigenvalue weighted by Crippen LogP contribution is 2.42. The third-order valence-electron chi connectivity index (χ3n) is 10.4. The number of aromatic nitrogens is 1. The van der Waals surface area contributed by atoms with Gasteiger partial charge in [-0.1, -0.05) is 116 Å². The van der Waals surface area contributed by atoms with Crippen LogP contribution in [-0.4, -0.2) is 40.6 Å². The quantitative estimate of drug-likeness (QED) is 0.141. The standard InChI is InChI=1S/C45H45N3O4/c1-30-42(28-48(3)31(2)37-23-18-33-9-4-5-10-38(33)25-37)51-45(52-43(30)35-16-14-32(29-49)15-17-35)36-21-19-34(20-22-36)41-13-7-6-11-39(41)27-47-44(50)40-12-8-24-46-26-40/h4-26,30-31,42-43,45,49H,27-29H2,1-3H3,(H,47,50)/t30-,31+,42+,43+,45+/m0/s1. The van der Waals surface area contributed by atoms with Gasteiger partial charge in [-0.15, -0.1) is 0 Å². The molecule has 2 heterocycles. The third-order valence-corrected chi connectivity index (χ3v) is 10.4. The van der Waals surface area contributed by atoms with Crippen LogP contribution >= 0.6 is 0 Å². The lowest BCUT2D eigenvalue weighted by atomic mass is 9.89. The zero-order valence-corrected chi connectivity index (χ0v) is 29.9. The number of hydrogen-bond donors (Lipinski definition) is 2. The molecule has 5 aromatic carbocycles. The van der Waals surface area contributed by atoms with Crippen LogP contribution in [0.15, 0.2) is 140 Å². The first-order chi connectivity index (χ1) is 25.4. The molecular formula is C45H45N3O4. The minimum atomic E-state index is -0.573. The average molecular weight is 692 g/mol. The number of nitrogens with zero attached hydrogens (tertiary/aromatic N) is 2. The van der Waals surface area contributed by atoms with E-state index in [1.165, 1.54) is 16.3 Å². The topological polar surface area (TPSA) is 83.9 Å². The fraction of sp³-hybridized carbons (Fsp3) is 0.244. The lowest BCUT2D eigenvalue weighted by Gasteiger charge is -2.43. The van der Waals surface area contributed by atoms with Gasteiger partial charge in [0, 0.05) is 43.0 Å². The molecule has 0 unspecified atom stereocenters. The van der Waals surface area contributed by atoms with Crippen LogP contribution in [0, 0.1) is 5.92 Å². The summed E-state index contributed by atoms with van der Waals surface area (Å²) in [4.78, 5) is 19.2. The van der Waals surface area contributed by atoms with E-state index in [2.05, 4.69) is 121 Å². The number of carbonyl (C=O) groups is 1. The monoisotopic (exact) mass is 691 g/mol. The molecule has 2 N–H and O–H groups in total. The number of carbonyl (C=O) groups excluding carboxylic acids is 1. The maximum Gasteiger partial charge on any atom is 0.253 e. The van der Waals surface area contributed by atoms with Crippen LogP contribution in [0.5, 0.6) is 0 Å². The molecule has 0 spiro atoms. The third kappa shape index (κ3) is 7.83. The molecular weight excluding hydrogens is 647 g/mol. The van der Waals surface area contributed by atoms with Gasteiger partial charge in [0.2, 0.25) is 0 Å². The summed E-state index contributed by atoms with van der Waals surface area (Å²) < 4.78 is 13.6. The van der Waals surface area contributed by atoms with Crippen LogP contribution < -0.4 is 5.32 Å². The zero-order chi connectivity index (χ0) is 36.0. The van der Waals surface area contributed by atoms with Gasteiger partial charge in [-0.3, -0.25) is 14.7 Å². The fourth-order valence-corrected chi connectivity index (χ4v) is 7.04. The second-order valence-electron chi connectivity index (χ2n) is 13.7. The Bertz CT molecular complexity index is 2100. The van der Waals surface area contributed by atoms with E-state index < -0.39 is 6.29 Å². The van der Waals surface area contributed by atoms with Crippen molar-refractivity contribution in [2.24, 2.45) is 5.92 Å². The number of hydrogen-bond acceptors (Lipinski definition) is 6. The molecule has 0 bridgehead atoms. The Hall–Kier alpha value is -5.18. The van der Waals surface area contributed by atoms with E-state index in [0.717, 1.165) is 39.9 Å². The van der Waals surface area contributed by atoms with E-state index in [-0.39, 0.29) is 36.7 Å². The van der Waals surface area contributed by atoms with E-state index in [4.69, 9.17) is 9.47 Å². The molecule has 7 heteroatoms. The first kappa shape index (κ1) is 35.2. The molecule has 1 aliphatic heterocycles. The first-order valence-electron chi connectivity index (χ1n) is 17.9. The van der Waals surface area contributed by atoms with Crippen molar-refractivity contribution in [3.8, 4) is 11.1 Å². The van der Waals surface area contributed by atoms with Gasteiger partial charge in [0.25, 0.3) is 5.91 Å². The second kappa shape index (κ2) is 16.0. The summed E-state index contributed by atoms with van der Waals surface area (Å²) in [5, 5.41) is 15.2. The molecule has 0 aliphatic carbocycles. The van der Waals surface area contributed by atoms with Crippen molar-refractivity contribution in [1.29, 1.82) is 0 Å². The highest BCUT2D eigenvalue weighted by Gasteiger charge is 2.39. The Morgan fingerprint density at radius 2 is 1.58 bits per heavy atom. The predicted molar refractivity (Wildman–Crippen MR) is 205 cm³/mol. The Morgan fingerprint density at radius 3 is 2.33 bits per heavy atom. The van der Waals surface area contributed by atoms with Crippen LogP contribution in [0.3, 0.4) is 0 Å². The van der Waals surface area contributed by atoms with Gasteiger partial charge in [-0.05, 0) is 76.3 Å². The number of rotatable bonds is 11. The molecule has 1 fully saturated rings. The maximum atomic E-state index is 12.7. The summed E-state index contributed by atoms with van der Waals surface area (Å²) in [6, 6.07) is 43.3.